The lowest BCUT2D eigenvalue weighted by Gasteiger charge is -2.29. The van der Waals surface area contributed by atoms with Gasteiger partial charge in [-0.05, 0) is 61.9 Å². The molecular formula is C17H28N2. The Morgan fingerprint density at radius 3 is 2.42 bits per heavy atom. The lowest BCUT2D eigenvalue weighted by atomic mass is 9.96. The molecule has 0 aliphatic carbocycles. The van der Waals surface area contributed by atoms with Gasteiger partial charge in [-0.2, -0.15) is 0 Å². The molecule has 1 aliphatic rings. The maximum Gasteiger partial charge on any atom is 0.0363 e. The van der Waals surface area contributed by atoms with E-state index >= 15 is 0 Å². The van der Waals surface area contributed by atoms with E-state index in [9.17, 15) is 0 Å². The van der Waals surface area contributed by atoms with Gasteiger partial charge < -0.3 is 10.2 Å². The van der Waals surface area contributed by atoms with Gasteiger partial charge in [0, 0.05) is 19.3 Å². The zero-order valence-electron chi connectivity index (χ0n) is 12.7. The lowest BCUT2D eigenvalue weighted by Crippen LogP contribution is -2.34. The van der Waals surface area contributed by atoms with Gasteiger partial charge in [0.15, 0.2) is 0 Å². The Bertz CT molecular complexity index is 365. The van der Waals surface area contributed by atoms with Crippen LogP contribution in [0.15, 0.2) is 24.3 Å². The van der Waals surface area contributed by atoms with Gasteiger partial charge in [-0.3, -0.25) is 0 Å². The zero-order valence-corrected chi connectivity index (χ0v) is 12.7. The number of nitrogens with zero attached hydrogens (tertiary/aromatic N) is 1. The Kier molecular flexibility index (Phi) is 5.26. The van der Waals surface area contributed by atoms with Crippen molar-refractivity contribution in [2.24, 2.45) is 5.92 Å². The summed E-state index contributed by atoms with van der Waals surface area (Å²) in [5.74, 6) is 1.52. The first-order valence-corrected chi connectivity index (χ1v) is 7.72. The molecule has 1 aliphatic heterocycles. The quantitative estimate of drug-likeness (QED) is 0.869. The minimum Gasteiger partial charge on any atom is -0.374 e. The van der Waals surface area contributed by atoms with Crippen molar-refractivity contribution in [3.8, 4) is 0 Å². The fourth-order valence-corrected chi connectivity index (χ4v) is 2.85. The maximum atomic E-state index is 3.44. The molecule has 2 nitrogen and oxygen atoms in total. The van der Waals surface area contributed by atoms with Crippen LogP contribution in [0.2, 0.25) is 0 Å². The fraction of sp³-hybridized carbons (Fsp3) is 0.647. The van der Waals surface area contributed by atoms with Crippen LogP contribution in [0.5, 0.6) is 0 Å². The average Bonchev–Trinajstić information content (AvgIpc) is 2.47. The molecule has 2 rings (SSSR count). The molecule has 1 saturated heterocycles. The lowest BCUT2D eigenvalue weighted by molar-refractivity contribution is 0.378. The van der Waals surface area contributed by atoms with Gasteiger partial charge in [0.2, 0.25) is 0 Å². The van der Waals surface area contributed by atoms with Crippen LogP contribution in [0.1, 0.15) is 44.6 Å². The summed E-state index contributed by atoms with van der Waals surface area (Å²) in [6.45, 7) is 8.11. The first kappa shape index (κ1) is 14.4. The van der Waals surface area contributed by atoms with Gasteiger partial charge in [-0.25, -0.2) is 0 Å². The van der Waals surface area contributed by atoms with Gasteiger partial charge in [0.05, 0.1) is 0 Å². The van der Waals surface area contributed by atoms with Gasteiger partial charge in [-0.15, -0.1) is 0 Å². The molecular weight excluding hydrogens is 232 g/mol. The highest BCUT2D eigenvalue weighted by Gasteiger charge is 2.15. The highest BCUT2D eigenvalue weighted by molar-refractivity contribution is 5.47. The van der Waals surface area contributed by atoms with E-state index in [1.165, 1.54) is 50.1 Å². The summed E-state index contributed by atoms with van der Waals surface area (Å²) in [5.41, 5.74) is 2.81. The molecule has 1 heterocycles. The van der Waals surface area contributed by atoms with E-state index in [4.69, 9.17) is 0 Å². The van der Waals surface area contributed by atoms with Crippen molar-refractivity contribution in [2.75, 3.05) is 31.6 Å². The standard InChI is InChI=1S/C17H28N2/c1-4-14(2)16-5-7-17(8-6-16)19(3)13-15-9-11-18-12-10-15/h5-8,14-15,18H,4,9-13H2,1-3H3. The summed E-state index contributed by atoms with van der Waals surface area (Å²) in [4.78, 5) is 2.41. The van der Waals surface area contributed by atoms with E-state index in [2.05, 4.69) is 55.4 Å². The van der Waals surface area contributed by atoms with E-state index < -0.39 is 0 Å². The SMILES string of the molecule is CCC(C)c1ccc(N(C)CC2CCNCC2)cc1. The second-order valence-electron chi connectivity index (χ2n) is 5.97. The van der Waals surface area contributed by atoms with Crippen molar-refractivity contribution < 1.29 is 0 Å². The van der Waals surface area contributed by atoms with E-state index in [0.717, 1.165) is 5.92 Å². The average molecular weight is 260 g/mol. The topological polar surface area (TPSA) is 15.3 Å². The Hall–Kier alpha value is -1.02. The summed E-state index contributed by atoms with van der Waals surface area (Å²) >= 11 is 0. The zero-order chi connectivity index (χ0) is 13.7. The first-order valence-electron chi connectivity index (χ1n) is 7.72. The van der Waals surface area contributed by atoms with Crippen LogP contribution in [0.4, 0.5) is 5.69 Å². The number of nitrogens with one attached hydrogen (secondary N) is 1. The van der Waals surface area contributed by atoms with E-state index in [-0.39, 0.29) is 0 Å². The molecule has 0 saturated carbocycles. The molecule has 0 amide bonds. The minimum absolute atomic E-state index is 0.670. The molecule has 0 bridgehead atoms. The van der Waals surface area contributed by atoms with Crippen LogP contribution in [0.25, 0.3) is 0 Å². The molecule has 1 aromatic carbocycles. The van der Waals surface area contributed by atoms with Crippen molar-refractivity contribution in [3.63, 3.8) is 0 Å². The third-order valence-corrected chi connectivity index (χ3v) is 4.51. The molecule has 0 radical (unpaired) electrons. The molecule has 0 spiro atoms. The Morgan fingerprint density at radius 1 is 1.21 bits per heavy atom. The monoisotopic (exact) mass is 260 g/mol. The summed E-state index contributed by atoms with van der Waals surface area (Å²) in [5, 5.41) is 3.44. The first-order chi connectivity index (χ1) is 9.20. The molecule has 2 heteroatoms. The molecule has 106 valence electrons. The van der Waals surface area contributed by atoms with Crippen molar-refractivity contribution in [1.29, 1.82) is 0 Å². The van der Waals surface area contributed by atoms with Crippen LogP contribution in [0, 0.1) is 5.92 Å². The van der Waals surface area contributed by atoms with Crippen molar-refractivity contribution in [1.82, 2.24) is 5.32 Å². The summed E-state index contributed by atoms with van der Waals surface area (Å²) < 4.78 is 0. The third kappa shape index (κ3) is 3.97. The Morgan fingerprint density at radius 2 is 1.84 bits per heavy atom. The predicted octanol–water partition coefficient (Wildman–Crippen LogP) is 3.64. The van der Waals surface area contributed by atoms with Crippen LogP contribution in [-0.4, -0.2) is 26.7 Å². The number of piperidine rings is 1. The molecule has 1 aromatic rings. The molecule has 1 atom stereocenters. The highest BCUT2D eigenvalue weighted by Crippen LogP contribution is 2.23. The number of hydrogen-bond acceptors (Lipinski definition) is 2. The van der Waals surface area contributed by atoms with Crippen LogP contribution >= 0.6 is 0 Å². The molecule has 1 fully saturated rings. The number of rotatable bonds is 5. The smallest absolute Gasteiger partial charge is 0.0363 e. The van der Waals surface area contributed by atoms with Gasteiger partial charge in [0.25, 0.3) is 0 Å². The fourth-order valence-electron chi connectivity index (χ4n) is 2.85. The van der Waals surface area contributed by atoms with Crippen molar-refractivity contribution >= 4 is 5.69 Å². The molecule has 19 heavy (non-hydrogen) atoms. The Balaban J connectivity index is 1.93. The second kappa shape index (κ2) is 6.95. The highest BCUT2D eigenvalue weighted by atomic mass is 15.1. The van der Waals surface area contributed by atoms with E-state index in [1.807, 2.05) is 0 Å². The van der Waals surface area contributed by atoms with Crippen molar-refractivity contribution in [3.05, 3.63) is 29.8 Å². The number of benzene rings is 1. The van der Waals surface area contributed by atoms with E-state index in [1.54, 1.807) is 0 Å². The van der Waals surface area contributed by atoms with Gasteiger partial charge >= 0.3 is 0 Å². The van der Waals surface area contributed by atoms with Crippen LogP contribution < -0.4 is 10.2 Å². The summed E-state index contributed by atoms with van der Waals surface area (Å²) in [7, 11) is 2.22. The van der Waals surface area contributed by atoms with Gasteiger partial charge in [-0.1, -0.05) is 26.0 Å². The van der Waals surface area contributed by atoms with Crippen LogP contribution in [0.3, 0.4) is 0 Å². The second-order valence-corrected chi connectivity index (χ2v) is 5.97. The predicted molar refractivity (Wildman–Crippen MR) is 84.0 cm³/mol. The normalized spacial score (nSPS) is 18.3. The number of anilines is 1. The third-order valence-electron chi connectivity index (χ3n) is 4.51. The largest absolute Gasteiger partial charge is 0.374 e. The summed E-state index contributed by atoms with van der Waals surface area (Å²) in [6.07, 6.45) is 3.84. The van der Waals surface area contributed by atoms with Crippen LogP contribution in [-0.2, 0) is 0 Å². The summed E-state index contributed by atoms with van der Waals surface area (Å²) in [6, 6.07) is 9.15. The van der Waals surface area contributed by atoms with Gasteiger partial charge in [0.1, 0.15) is 0 Å². The Labute approximate surface area is 118 Å². The molecule has 0 aromatic heterocycles. The van der Waals surface area contributed by atoms with E-state index in [0.29, 0.717) is 5.92 Å². The van der Waals surface area contributed by atoms with Crippen molar-refractivity contribution in [2.45, 2.75) is 39.0 Å². The molecule has 1 unspecified atom stereocenters. The minimum atomic E-state index is 0.670. The maximum absolute atomic E-state index is 3.44. The molecule has 1 N–H and O–H groups in total. The number of hydrogen-bond donors (Lipinski definition) is 1.